The Morgan fingerprint density at radius 1 is 0.557 bits per heavy atom. The van der Waals surface area contributed by atoms with Gasteiger partial charge in [-0.3, -0.25) is 4.79 Å². The van der Waals surface area contributed by atoms with Gasteiger partial charge in [0.25, 0.3) is 0 Å². The van der Waals surface area contributed by atoms with Crippen LogP contribution in [0, 0.1) is 0 Å². The molecule has 1 heterocycles. The molecule has 0 saturated carbocycles. The monoisotopic (exact) mass is 866 g/mol. The zero-order chi connectivity index (χ0) is 44.4. The topological polar surface area (TPSA) is 149 Å². The third-order valence-electron chi connectivity index (χ3n) is 12.6. The zero-order valence-corrected chi connectivity index (χ0v) is 39.7. The summed E-state index contributed by atoms with van der Waals surface area (Å²) >= 11 is 0. The lowest BCUT2D eigenvalue weighted by Crippen LogP contribution is -2.60. The molecule has 1 aliphatic rings. The van der Waals surface area contributed by atoms with E-state index in [9.17, 15) is 30.3 Å². The molecule has 6 N–H and O–H groups in total. The Bertz CT molecular complexity index is 1010. The maximum atomic E-state index is 13.0. The first-order valence-corrected chi connectivity index (χ1v) is 26.0. The van der Waals surface area contributed by atoms with Crippen molar-refractivity contribution in [1.29, 1.82) is 0 Å². The number of hydrogen-bond donors (Lipinski definition) is 6. The molecule has 0 spiro atoms. The van der Waals surface area contributed by atoms with Gasteiger partial charge in [-0.2, -0.15) is 0 Å². The standard InChI is InChI=1S/C52H99NO8/c1-3-5-7-9-11-13-15-17-19-20-21-22-23-24-25-26-27-28-29-31-33-35-37-39-41-46(55)45(44-60-52-51(59)50(58)49(57)47(43-54)61-52)53-48(56)42-40-38-36-34-32-30-18-16-14-12-10-8-6-4-2/h10,12,16,18,45-47,49-52,54-55,57-59H,3-9,11,13-15,17,19-44H2,1-2H3,(H,53,56)/b12-10-,18-16-. The Labute approximate surface area is 375 Å². The molecule has 7 unspecified atom stereocenters. The van der Waals surface area contributed by atoms with Crippen LogP contribution in [-0.4, -0.2) is 87.5 Å². The van der Waals surface area contributed by atoms with Crippen molar-refractivity contribution in [2.75, 3.05) is 13.2 Å². The molecule has 0 aliphatic carbocycles. The van der Waals surface area contributed by atoms with Crippen LogP contribution in [0.3, 0.4) is 0 Å². The highest BCUT2D eigenvalue weighted by atomic mass is 16.7. The number of aliphatic hydroxyl groups excluding tert-OH is 5. The Morgan fingerprint density at radius 2 is 0.984 bits per heavy atom. The smallest absolute Gasteiger partial charge is 0.220 e. The van der Waals surface area contributed by atoms with Crippen LogP contribution in [0.4, 0.5) is 0 Å². The van der Waals surface area contributed by atoms with Crippen LogP contribution >= 0.6 is 0 Å². The van der Waals surface area contributed by atoms with Gasteiger partial charge >= 0.3 is 0 Å². The summed E-state index contributed by atoms with van der Waals surface area (Å²) in [6, 6.07) is -0.724. The van der Waals surface area contributed by atoms with Crippen LogP contribution < -0.4 is 5.32 Å². The van der Waals surface area contributed by atoms with Crippen LogP contribution in [-0.2, 0) is 14.3 Å². The number of unbranched alkanes of at least 4 members (excludes halogenated alkanes) is 30. The molecule has 9 nitrogen and oxygen atoms in total. The Kier molecular flexibility index (Phi) is 40.3. The van der Waals surface area contributed by atoms with E-state index in [4.69, 9.17) is 9.47 Å². The van der Waals surface area contributed by atoms with Crippen LogP contribution in [0.1, 0.15) is 245 Å². The lowest BCUT2D eigenvalue weighted by atomic mass is 9.99. The molecule has 61 heavy (non-hydrogen) atoms. The van der Waals surface area contributed by atoms with Crippen molar-refractivity contribution in [1.82, 2.24) is 5.32 Å². The third kappa shape index (κ3) is 32.9. The van der Waals surface area contributed by atoms with Gasteiger partial charge in [0.2, 0.25) is 5.91 Å². The Morgan fingerprint density at radius 3 is 1.46 bits per heavy atom. The highest BCUT2D eigenvalue weighted by molar-refractivity contribution is 5.76. The number of carbonyl (C=O) groups is 1. The fourth-order valence-corrected chi connectivity index (χ4v) is 8.36. The number of nitrogens with one attached hydrogen (secondary N) is 1. The summed E-state index contributed by atoms with van der Waals surface area (Å²) in [6.45, 7) is 3.80. The van der Waals surface area contributed by atoms with E-state index in [0.717, 1.165) is 64.2 Å². The van der Waals surface area contributed by atoms with Gasteiger partial charge < -0.3 is 40.3 Å². The average Bonchev–Trinajstić information content (AvgIpc) is 3.26. The molecule has 1 aliphatic heterocycles. The predicted molar refractivity (Wildman–Crippen MR) is 253 cm³/mol. The van der Waals surface area contributed by atoms with Crippen LogP contribution in [0.25, 0.3) is 0 Å². The van der Waals surface area contributed by atoms with Crippen LogP contribution in [0.5, 0.6) is 0 Å². The van der Waals surface area contributed by atoms with Crippen LogP contribution in [0.2, 0.25) is 0 Å². The fraction of sp³-hybridized carbons (Fsp3) is 0.904. The number of ether oxygens (including phenoxy) is 2. The molecule has 1 rings (SSSR count). The molecule has 7 atom stereocenters. The molecular weight excluding hydrogens is 767 g/mol. The van der Waals surface area contributed by atoms with Gasteiger partial charge in [0, 0.05) is 6.42 Å². The van der Waals surface area contributed by atoms with E-state index in [0.29, 0.717) is 12.8 Å². The lowest BCUT2D eigenvalue weighted by Gasteiger charge is -2.40. The maximum Gasteiger partial charge on any atom is 0.220 e. The maximum absolute atomic E-state index is 13.0. The van der Waals surface area contributed by atoms with Gasteiger partial charge in [0.15, 0.2) is 6.29 Å². The molecule has 0 bridgehead atoms. The number of allylic oxidation sites excluding steroid dienone is 4. The highest BCUT2D eigenvalue weighted by Gasteiger charge is 2.44. The summed E-state index contributed by atoms with van der Waals surface area (Å²) in [6.07, 6.45) is 44.8. The minimum atomic E-state index is -1.55. The first-order valence-electron chi connectivity index (χ1n) is 26.0. The normalized spacial score (nSPS) is 20.5. The molecule has 1 fully saturated rings. The molecule has 9 heteroatoms. The molecule has 0 aromatic rings. The summed E-state index contributed by atoms with van der Waals surface area (Å²) < 4.78 is 11.3. The quantitative estimate of drug-likeness (QED) is 0.0262. The SMILES string of the molecule is CCCC/C=C\C/C=C\CCCCCCCC(=O)NC(COC1OC(CO)C(O)C(O)C1O)C(O)CCCCCCCCCCCCCCCCCCCCCCCCCC. The zero-order valence-electron chi connectivity index (χ0n) is 39.7. The van der Waals surface area contributed by atoms with Gasteiger partial charge in [-0.15, -0.1) is 0 Å². The minimum absolute atomic E-state index is 0.142. The molecule has 0 radical (unpaired) electrons. The molecule has 0 aromatic heterocycles. The largest absolute Gasteiger partial charge is 0.394 e. The number of hydrogen-bond acceptors (Lipinski definition) is 8. The number of amides is 1. The summed E-state index contributed by atoms with van der Waals surface area (Å²) in [5.74, 6) is -0.157. The van der Waals surface area contributed by atoms with Gasteiger partial charge in [0.05, 0.1) is 25.4 Å². The van der Waals surface area contributed by atoms with Gasteiger partial charge in [-0.25, -0.2) is 0 Å². The van der Waals surface area contributed by atoms with Crippen molar-refractivity contribution < 1.29 is 39.8 Å². The predicted octanol–water partition coefficient (Wildman–Crippen LogP) is 11.8. The molecule has 0 aromatic carbocycles. The summed E-state index contributed by atoms with van der Waals surface area (Å²) in [7, 11) is 0. The van der Waals surface area contributed by atoms with Crippen molar-refractivity contribution in [3.05, 3.63) is 24.3 Å². The number of carbonyl (C=O) groups excluding carboxylic acids is 1. The van der Waals surface area contributed by atoms with E-state index in [1.54, 1.807) is 0 Å². The van der Waals surface area contributed by atoms with E-state index in [2.05, 4.69) is 43.5 Å². The Hall–Kier alpha value is -1.33. The van der Waals surface area contributed by atoms with Gasteiger partial charge in [-0.05, 0) is 38.5 Å². The minimum Gasteiger partial charge on any atom is -0.394 e. The second-order valence-corrected chi connectivity index (χ2v) is 18.3. The third-order valence-corrected chi connectivity index (χ3v) is 12.6. The fourth-order valence-electron chi connectivity index (χ4n) is 8.36. The van der Waals surface area contributed by atoms with E-state index >= 15 is 0 Å². The van der Waals surface area contributed by atoms with Crippen molar-refractivity contribution >= 4 is 5.91 Å². The first-order chi connectivity index (χ1) is 29.8. The second-order valence-electron chi connectivity index (χ2n) is 18.3. The van der Waals surface area contributed by atoms with E-state index < -0.39 is 49.5 Å². The van der Waals surface area contributed by atoms with Gasteiger partial charge in [0.1, 0.15) is 24.4 Å². The Balaban J connectivity index is 2.23. The second kappa shape index (κ2) is 42.6. The van der Waals surface area contributed by atoms with Crippen molar-refractivity contribution in [3.8, 4) is 0 Å². The average molecular weight is 866 g/mol. The summed E-state index contributed by atoms with van der Waals surface area (Å²) in [5.41, 5.74) is 0. The van der Waals surface area contributed by atoms with Crippen molar-refractivity contribution in [2.45, 2.75) is 288 Å². The molecule has 1 saturated heterocycles. The van der Waals surface area contributed by atoms with Crippen LogP contribution in [0.15, 0.2) is 24.3 Å². The molecule has 1 amide bonds. The molecular formula is C52H99NO8. The van der Waals surface area contributed by atoms with Gasteiger partial charge in [-0.1, -0.05) is 224 Å². The number of rotatable bonds is 44. The highest BCUT2D eigenvalue weighted by Crippen LogP contribution is 2.23. The van der Waals surface area contributed by atoms with Crippen molar-refractivity contribution in [2.24, 2.45) is 0 Å². The van der Waals surface area contributed by atoms with E-state index in [-0.39, 0.29) is 12.5 Å². The summed E-state index contributed by atoms with van der Waals surface area (Å²) in [5, 5.41) is 54.5. The lowest BCUT2D eigenvalue weighted by molar-refractivity contribution is -0.302. The van der Waals surface area contributed by atoms with E-state index in [1.165, 1.54) is 154 Å². The van der Waals surface area contributed by atoms with Crippen molar-refractivity contribution in [3.63, 3.8) is 0 Å². The van der Waals surface area contributed by atoms with E-state index in [1.807, 2.05) is 0 Å². The first kappa shape index (κ1) is 57.7. The summed E-state index contributed by atoms with van der Waals surface area (Å²) in [4.78, 5) is 13.0. The number of aliphatic hydroxyl groups is 5. The molecule has 360 valence electrons.